The van der Waals surface area contributed by atoms with Crippen molar-refractivity contribution in [2.24, 2.45) is 7.05 Å². The molecule has 0 amide bonds. The first-order valence-electron chi connectivity index (χ1n) is 6.22. The molecule has 2 aromatic carbocycles. The van der Waals surface area contributed by atoms with E-state index in [1.807, 2.05) is 55.7 Å². The number of aromatic nitrogens is 2. The van der Waals surface area contributed by atoms with Crippen LogP contribution in [-0.4, -0.2) is 15.6 Å². The molecule has 0 aliphatic heterocycles. The molecule has 19 heavy (non-hydrogen) atoms. The number of hydrogen-bond acceptors (Lipinski definition) is 2. The highest BCUT2D eigenvalue weighted by molar-refractivity contribution is 6.00. The Balaban J connectivity index is 1.89. The fraction of sp³-hybridized carbons (Fsp3) is 0.125. The van der Waals surface area contributed by atoms with Crippen molar-refractivity contribution in [2.75, 3.05) is 0 Å². The molecule has 0 fully saturated rings. The highest BCUT2D eigenvalue weighted by Gasteiger charge is 2.08. The molecule has 0 unspecified atom stereocenters. The average Bonchev–Trinajstić information content (AvgIpc) is 2.83. The summed E-state index contributed by atoms with van der Waals surface area (Å²) in [7, 11) is 1.85. The number of nitrogens with zero attached hydrogens (tertiary/aromatic N) is 2. The number of carbonyl (C=O) groups is 1. The van der Waals surface area contributed by atoms with E-state index in [4.69, 9.17) is 0 Å². The molecule has 1 aromatic heterocycles. The van der Waals surface area contributed by atoms with Crippen molar-refractivity contribution in [3.05, 3.63) is 66.0 Å². The van der Waals surface area contributed by atoms with Crippen LogP contribution in [0.1, 0.15) is 15.9 Å². The van der Waals surface area contributed by atoms with Crippen LogP contribution >= 0.6 is 0 Å². The minimum atomic E-state index is 0.124. The van der Waals surface area contributed by atoms with Gasteiger partial charge in [-0.2, -0.15) is 5.10 Å². The maximum absolute atomic E-state index is 12.2. The van der Waals surface area contributed by atoms with E-state index < -0.39 is 0 Å². The second kappa shape index (κ2) is 4.69. The van der Waals surface area contributed by atoms with Gasteiger partial charge in [0.1, 0.15) is 0 Å². The first-order chi connectivity index (χ1) is 9.22. The zero-order chi connectivity index (χ0) is 13.2. The molecule has 3 aromatic rings. The number of hydrogen-bond donors (Lipinski definition) is 0. The van der Waals surface area contributed by atoms with Gasteiger partial charge in [0.05, 0.1) is 6.20 Å². The normalized spacial score (nSPS) is 10.8. The largest absolute Gasteiger partial charge is 0.294 e. The Bertz CT molecular complexity index is 743. The Hall–Kier alpha value is -2.42. The van der Waals surface area contributed by atoms with Crippen molar-refractivity contribution in [1.82, 2.24) is 9.78 Å². The molecule has 0 N–H and O–H groups in total. The monoisotopic (exact) mass is 250 g/mol. The molecule has 3 heteroatoms. The van der Waals surface area contributed by atoms with Gasteiger partial charge in [0.2, 0.25) is 0 Å². The SMILES string of the molecule is Cn1cc(CC(=O)c2ccc3ccccc3c2)cn1. The van der Waals surface area contributed by atoms with Crippen molar-refractivity contribution < 1.29 is 4.79 Å². The van der Waals surface area contributed by atoms with Crippen LogP contribution in [0.25, 0.3) is 10.8 Å². The molecule has 0 radical (unpaired) electrons. The van der Waals surface area contributed by atoms with Gasteiger partial charge < -0.3 is 0 Å². The van der Waals surface area contributed by atoms with E-state index >= 15 is 0 Å². The summed E-state index contributed by atoms with van der Waals surface area (Å²) in [5.41, 5.74) is 1.70. The Morgan fingerprint density at radius 1 is 1.16 bits per heavy atom. The number of Topliss-reactive ketones (excluding diaryl/α,β-unsaturated/α-hetero) is 1. The van der Waals surface area contributed by atoms with Crippen LogP contribution in [0.3, 0.4) is 0 Å². The van der Waals surface area contributed by atoms with Gasteiger partial charge in [0.25, 0.3) is 0 Å². The maximum atomic E-state index is 12.2. The first kappa shape index (κ1) is 11.7. The third kappa shape index (κ3) is 2.40. The predicted octanol–water partition coefficient (Wildman–Crippen LogP) is 3.00. The average molecular weight is 250 g/mol. The van der Waals surface area contributed by atoms with Crippen LogP contribution in [0.15, 0.2) is 54.9 Å². The van der Waals surface area contributed by atoms with Gasteiger partial charge in [-0.25, -0.2) is 0 Å². The van der Waals surface area contributed by atoms with Gasteiger partial charge in [0.15, 0.2) is 5.78 Å². The molecule has 0 aliphatic carbocycles. The minimum Gasteiger partial charge on any atom is -0.294 e. The number of carbonyl (C=O) groups excluding carboxylic acids is 1. The molecule has 3 nitrogen and oxygen atoms in total. The summed E-state index contributed by atoms with van der Waals surface area (Å²) in [5.74, 6) is 0.124. The fourth-order valence-corrected chi connectivity index (χ4v) is 2.21. The second-order valence-corrected chi connectivity index (χ2v) is 4.68. The summed E-state index contributed by atoms with van der Waals surface area (Å²) in [6.07, 6.45) is 4.00. The van der Waals surface area contributed by atoms with E-state index in [0.29, 0.717) is 6.42 Å². The molecule has 0 saturated carbocycles. The maximum Gasteiger partial charge on any atom is 0.167 e. The predicted molar refractivity (Wildman–Crippen MR) is 75.2 cm³/mol. The van der Waals surface area contributed by atoms with Crippen molar-refractivity contribution in [3.63, 3.8) is 0 Å². The highest BCUT2D eigenvalue weighted by atomic mass is 16.1. The van der Waals surface area contributed by atoms with Gasteiger partial charge in [-0.05, 0) is 22.4 Å². The van der Waals surface area contributed by atoms with Crippen molar-refractivity contribution in [2.45, 2.75) is 6.42 Å². The number of aryl methyl sites for hydroxylation is 1. The van der Waals surface area contributed by atoms with Crippen molar-refractivity contribution >= 4 is 16.6 Å². The van der Waals surface area contributed by atoms with Crippen LogP contribution in [0, 0.1) is 0 Å². The lowest BCUT2D eigenvalue weighted by molar-refractivity contribution is 0.0993. The topological polar surface area (TPSA) is 34.9 Å². The zero-order valence-corrected chi connectivity index (χ0v) is 10.7. The van der Waals surface area contributed by atoms with Crippen LogP contribution < -0.4 is 0 Å². The molecular weight excluding hydrogens is 236 g/mol. The van der Waals surface area contributed by atoms with Gasteiger partial charge >= 0.3 is 0 Å². The van der Waals surface area contributed by atoms with Crippen LogP contribution in [0.2, 0.25) is 0 Å². The zero-order valence-electron chi connectivity index (χ0n) is 10.7. The standard InChI is InChI=1S/C16H14N2O/c1-18-11-12(10-17-18)8-16(19)15-7-6-13-4-2-3-5-14(13)9-15/h2-7,9-11H,8H2,1H3. The van der Waals surface area contributed by atoms with E-state index in [2.05, 4.69) is 5.10 Å². The number of ketones is 1. The van der Waals surface area contributed by atoms with Crippen LogP contribution in [-0.2, 0) is 13.5 Å². The van der Waals surface area contributed by atoms with Crippen molar-refractivity contribution in [3.8, 4) is 0 Å². The van der Waals surface area contributed by atoms with Gasteiger partial charge in [-0.3, -0.25) is 9.48 Å². The van der Waals surface area contributed by atoms with Crippen molar-refractivity contribution in [1.29, 1.82) is 0 Å². The molecular formula is C16H14N2O. The molecule has 94 valence electrons. The smallest absolute Gasteiger partial charge is 0.167 e. The van der Waals surface area contributed by atoms with E-state index in [0.717, 1.165) is 21.9 Å². The summed E-state index contributed by atoms with van der Waals surface area (Å²) < 4.78 is 1.71. The highest BCUT2D eigenvalue weighted by Crippen LogP contribution is 2.17. The molecule has 0 spiro atoms. The van der Waals surface area contributed by atoms with Gasteiger partial charge in [-0.15, -0.1) is 0 Å². The Kier molecular flexibility index (Phi) is 2.88. The Morgan fingerprint density at radius 3 is 2.68 bits per heavy atom. The summed E-state index contributed by atoms with van der Waals surface area (Å²) in [5, 5.41) is 6.33. The molecule has 0 bridgehead atoms. The van der Waals surface area contributed by atoms with Crippen LogP contribution in [0.5, 0.6) is 0 Å². The third-order valence-electron chi connectivity index (χ3n) is 3.19. The molecule has 1 heterocycles. The summed E-state index contributed by atoms with van der Waals surface area (Å²) >= 11 is 0. The lowest BCUT2D eigenvalue weighted by Gasteiger charge is -2.02. The summed E-state index contributed by atoms with van der Waals surface area (Å²) in [4.78, 5) is 12.2. The number of rotatable bonds is 3. The second-order valence-electron chi connectivity index (χ2n) is 4.68. The number of fused-ring (bicyclic) bond motifs is 1. The van der Waals surface area contributed by atoms with E-state index in [-0.39, 0.29) is 5.78 Å². The Morgan fingerprint density at radius 2 is 1.95 bits per heavy atom. The molecule has 3 rings (SSSR count). The number of benzene rings is 2. The van der Waals surface area contributed by atoms with Gasteiger partial charge in [0, 0.05) is 25.2 Å². The summed E-state index contributed by atoms with van der Waals surface area (Å²) in [6, 6.07) is 13.9. The fourth-order valence-electron chi connectivity index (χ4n) is 2.21. The molecule has 0 atom stereocenters. The van der Waals surface area contributed by atoms with Crippen LogP contribution in [0.4, 0.5) is 0 Å². The minimum absolute atomic E-state index is 0.124. The quantitative estimate of drug-likeness (QED) is 0.670. The first-order valence-corrected chi connectivity index (χ1v) is 6.22. The van der Waals surface area contributed by atoms with E-state index in [9.17, 15) is 4.79 Å². The lowest BCUT2D eigenvalue weighted by atomic mass is 10.0. The molecule has 0 aliphatic rings. The summed E-state index contributed by atoms with van der Waals surface area (Å²) in [6.45, 7) is 0. The van der Waals surface area contributed by atoms with E-state index in [1.165, 1.54) is 0 Å². The Labute approximate surface area is 111 Å². The van der Waals surface area contributed by atoms with E-state index in [1.54, 1.807) is 10.9 Å². The van der Waals surface area contributed by atoms with Gasteiger partial charge in [-0.1, -0.05) is 36.4 Å². The third-order valence-corrected chi connectivity index (χ3v) is 3.19. The molecule has 0 saturated heterocycles. The lowest BCUT2D eigenvalue weighted by Crippen LogP contribution is -2.02.